The highest BCUT2D eigenvalue weighted by Gasteiger charge is 2.35. The minimum atomic E-state index is -1.03. The predicted molar refractivity (Wildman–Crippen MR) is 95.3 cm³/mol. The summed E-state index contributed by atoms with van der Waals surface area (Å²) in [6, 6.07) is 3.05. The van der Waals surface area contributed by atoms with E-state index >= 15 is 0 Å². The third kappa shape index (κ3) is 3.72. The maximum atomic E-state index is 13.7. The van der Waals surface area contributed by atoms with Gasteiger partial charge in [-0.25, -0.2) is 31.8 Å². The predicted octanol–water partition coefficient (Wildman–Crippen LogP) is 4.63. The van der Waals surface area contributed by atoms with Crippen molar-refractivity contribution in [1.82, 2.24) is 9.91 Å². The third-order valence-electron chi connectivity index (χ3n) is 4.75. The number of carbonyl (C=O) groups is 1. The number of nitrogens with zero attached hydrogens (tertiary/aromatic N) is 3. The lowest BCUT2D eigenvalue weighted by molar-refractivity contribution is 0.136. The van der Waals surface area contributed by atoms with E-state index in [9.17, 15) is 26.7 Å². The molecule has 1 fully saturated rings. The second kappa shape index (κ2) is 7.31. The monoisotopic (exact) mass is 407 g/mol. The Labute approximate surface area is 162 Å². The molecule has 1 saturated heterocycles. The van der Waals surface area contributed by atoms with Crippen molar-refractivity contribution in [3.8, 4) is 0 Å². The van der Waals surface area contributed by atoms with Gasteiger partial charge in [-0.15, -0.1) is 0 Å². The van der Waals surface area contributed by atoms with E-state index in [4.69, 9.17) is 0 Å². The molecule has 1 atom stereocenters. The molecule has 0 aromatic heterocycles. The van der Waals surface area contributed by atoms with Crippen molar-refractivity contribution in [2.24, 2.45) is 5.10 Å². The molecular weight excluding hydrogens is 393 g/mol. The van der Waals surface area contributed by atoms with Crippen molar-refractivity contribution in [2.75, 3.05) is 13.1 Å². The minimum Gasteiger partial charge on any atom is -0.315 e. The van der Waals surface area contributed by atoms with Crippen LogP contribution in [0.1, 0.15) is 23.6 Å². The molecule has 0 saturated carbocycles. The number of urea groups is 1. The summed E-state index contributed by atoms with van der Waals surface area (Å²) in [4.78, 5) is 14.1. The average molecular weight is 407 g/mol. The number of hydrogen-bond acceptors (Lipinski definition) is 2. The van der Waals surface area contributed by atoms with Gasteiger partial charge in [-0.05, 0) is 29.3 Å². The smallest absolute Gasteiger partial charge is 0.315 e. The van der Waals surface area contributed by atoms with Crippen molar-refractivity contribution in [1.29, 1.82) is 0 Å². The van der Waals surface area contributed by atoms with Crippen molar-refractivity contribution >= 4 is 18.3 Å². The molecule has 0 radical (unpaired) electrons. The second-order valence-corrected chi connectivity index (χ2v) is 6.82. The second-order valence-electron chi connectivity index (χ2n) is 6.82. The lowest BCUT2D eigenvalue weighted by atomic mass is 10.0. The van der Waals surface area contributed by atoms with Crippen molar-refractivity contribution in [2.45, 2.75) is 12.5 Å². The van der Waals surface area contributed by atoms with E-state index in [-0.39, 0.29) is 24.2 Å². The summed E-state index contributed by atoms with van der Waals surface area (Å²) in [5.41, 5.74) is 0.472. The Balaban J connectivity index is 1.47. The van der Waals surface area contributed by atoms with Gasteiger partial charge in [0.1, 0.15) is 29.1 Å². The van der Waals surface area contributed by atoms with Crippen molar-refractivity contribution in [3.63, 3.8) is 0 Å². The van der Waals surface area contributed by atoms with E-state index in [0.29, 0.717) is 24.1 Å². The van der Waals surface area contributed by atoms with Crippen LogP contribution in [0.3, 0.4) is 0 Å². The van der Waals surface area contributed by atoms with Crippen LogP contribution in [0.25, 0.3) is 6.08 Å². The quantitative estimate of drug-likeness (QED) is 0.669. The van der Waals surface area contributed by atoms with Crippen molar-refractivity contribution < 1.29 is 26.7 Å². The number of halogens is 5. The summed E-state index contributed by atoms with van der Waals surface area (Å²) in [5.74, 6) is -4.58. The topological polar surface area (TPSA) is 35.9 Å². The molecule has 150 valence electrons. The highest BCUT2D eigenvalue weighted by molar-refractivity contribution is 5.81. The van der Waals surface area contributed by atoms with E-state index < -0.39 is 41.2 Å². The molecule has 0 spiro atoms. The fourth-order valence-electron chi connectivity index (χ4n) is 3.35. The lowest BCUT2D eigenvalue weighted by Gasteiger charge is -2.37. The Bertz CT molecular complexity index is 1000. The molecule has 4 nitrogen and oxygen atoms in total. The van der Waals surface area contributed by atoms with Crippen LogP contribution in [-0.4, -0.2) is 35.2 Å². The summed E-state index contributed by atoms with van der Waals surface area (Å²) in [7, 11) is 0. The van der Waals surface area contributed by atoms with Gasteiger partial charge in [0.25, 0.3) is 0 Å². The zero-order chi connectivity index (χ0) is 20.7. The fraction of sp³-hybridized carbons (Fsp3) is 0.200. The van der Waals surface area contributed by atoms with Crippen molar-refractivity contribution in [3.05, 3.63) is 76.1 Å². The maximum Gasteiger partial charge on any atom is 0.341 e. The van der Waals surface area contributed by atoms with E-state index in [1.54, 1.807) is 0 Å². The molecule has 29 heavy (non-hydrogen) atoms. The van der Waals surface area contributed by atoms with Gasteiger partial charge in [-0.1, -0.05) is 0 Å². The minimum absolute atomic E-state index is 0.103. The number of amides is 2. The Morgan fingerprint density at radius 3 is 2.14 bits per heavy atom. The SMILES string of the molecule is O=C(N1CC(=Cc2c(F)cc(F)cc2F)C1)N1N=CC[C@H]1c1cc(F)cc(F)c1. The van der Waals surface area contributed by atoms with Crippen LogP contribution in [-0.2, 0) is 0 Å². The molecule has 2 aliphatic heterocycles. The van der Waals surface area contributed by atoms with Crippen LogP contribution in [0.5, 0.6) is 0 Å². The van der Waals surface area contributed by atoms with Gasteiger partial charge in [0.2, 0.25) is 0 Å². The summed E-state index contributed by atoms with van der Waals surface area (Å²) in [5, 5.41) is 5.12. The van der Waals surface area contributed by atoms with Crippen LogP contribution >= 0.6 is 0 Å². The summed E-state index contributed by atoms with van der Waals surface area (Å²) < 4.78 is 67.5. The Hall–Kier alpha value is -3.23. The van der Waals surface area contributed by atoms with E-state index in [2.05, 4.69) is 5.10 Å². The molecule has 0 N–H and O–H groups in total. The van der Waals surface area contributed by atoms with Crippen LogP contribution < -0.4 is 0 Å². The molecule has 2 heterocycles. The average Bonchev–Trinajstić information content (AvgIpc) is 3.07. The number of carbonyl (C=O) groups excluding carboxylic acids is 1. The Morgan fingerprint density at radius 2 is 1.52 bits per heavy atom. The molecule has 2 aromatic rings. The number of rotatable bonds is 2. The van der Waals surface area contributed by atoms with Gasteiger partial charge in [0.15, 0.2) is 0 Å². The number of hydrazone groups is 1. The molecule has 0 unspecified atom stereocenters. The maximum absolute atomic E-state index is 13.7. The third-order valence-corrected chi connectivity index (χ3v) is 4.75. The number of likely N-dealkylation sites (tertiary alicyclic amines) is 1. The molecule has 2 aromatic carbocycles. The highest BCUT2D eigenvalue weighted by atomic mass is 19.2. The first-order valence-electron chi connectivity index (χ1n) is 8.72. The van der Waals surface area contributed by atoms with Crippen LogP contribution in [0.2, 0.25) is 0 Å². The first kappa shape index (κ1) is 19.1. The largest absolute Gasteiger partial charge is 0.341 e. The Kier molecular flexibility index (Phi) is 4.81. The number of benzene rings is 2. The highest BCUT2D eigenvalue weighted by Crippen LogP contribution is 2.32. The van der Waals surface area contributed by atoms with Gasteiger partial charge in [0, 0.05) is 49.5 Å². The standard InChI is InChI=1S/C20H14F5N3O/c21-13-4-12(5-14(22)6-13)19-1-2-26-28(19)20(29)27-9-11(10-27)3-16-17(24)7-15(23)8-18(16)25/h2-8,19H,1,9-10H2/t19-/m0/s1. The van der Waals surface area contributed by atoms with Gasteiger partial charge in [-0.3, -0.25) is 0 Å². The summed E-state index contributed by atoms with van der Waals surface area (Å²) in [6.45, 7) is 0.205. The van der Waals surface area contributed by atoms with Gasteiger partial charge < -0.3 is 4.90 Å². The molecule has 2 amide bonds. The van der Waals surface area contributed by atoms with Crippen LogP contribution in [0, 0.1) is 29.1 Å². The number of hydrogen-bond donors (Lipinski definition) is 0. The van der Waals surface area contributed by atoms with E-state index in [1.165, 1.54) is 17.2 Å². The normalized spacial score (nSPS) is 18.2. The molecule has 0 bridgehead atoms. The molecule has 9 heteroatoms. The zero-order valence-corrected chi connectivity index (χ0v) is 14.9. The summed E-state index contributed by atoms with van der Waals surface area (Å²) >= 11 is 0. The Morgan fingerprint density at radius 1 is 0.931 bits per heavy atom. The lowest BCUT2D eigenvalue weighted by Crippen LogP contribution is -2.49. The van der Waals surface area contributed by atoms with Crippen LogP contribution in [0.4, 0.5) is 26.7 Å². The molecular formula is C20H14F5N3O. The fourth-order valence-corrected chi connectivity index (χ4v) is 3.35. The first-order valence-corrected chi connectivity index (χ1v) is 8.72. The molecule has 2 aliphatic rings. The molecule has 4 rings (SSSR count). The van der Waals surface area contributed by atoms with Crippen LogP contribution in [0.15, 0.2) is 41.0 Å². The molecule has 0 aliphatic carbocycles. The van der Waals surface area contributed by atoms with Gasteiger partial charge >= 0.3 is 6.03 Å². The van der Waals surface area contributed by atoms with E-state index in [0.717, 1.165) is 23.2 Å². The van der Waals surface area contributed by atoms with Gasteiger partial charge in [-0.2, -0.15) is 5.10 Å². The zero-order valence-electron chi connectivity index (χ0n) is 14.9. The van der Waals surface area contributed by atoms with E-state index in [1.807, 2.05) is 0 Å². The summed E-state index contributed by atoms with van der Waals surface area (Å²) in [6.07, 6.45) is 3.02. The first-order chi connectivity index (χ1) is 13.8. The van der Waals surface area contributed by atoms with Gasteiger partial charge in [0.05, 0.1) is 6.04 Å².